The highest BCUT2D eigenvalue weighted by molar-refractivity contribution is 5.27. The molecule has 1 rings (SSSR count). The van der Waals surface area contributed by atoms with Gasteiger partial charge in [-0.3, -0.25) is 4.98 Å². The molecule has 0 atom stereocenters. The summed E-state index contributed by atoms with van der Waals surface area (Å²) in [6.07, 6.45) is 3.78. The molecule has 1 heteroatoms. The van der Waals surface area contributed by atoms with Gasteiger partial charge in [-0.15, -0.1) is 0 Å². The van der Waals surface area contributed by atoms with Gasteiger partial charge in [0.15, 0.2) is 0 Å². The van der Waals surface area contributed by atoms with E-state index in [1.54, 1.807) is 0 Å². The Morgan fingerprint density at radius 1 is 0.667 bits per heavy atom. The Balaban J connectivity index is -0.000000208. The first-order valence-electron chi connectivity index (χ1n) is 6.09. The van der Waals surface area contributed by atoms with Gasteiger partial charge in [0.1, 0.15) is 0 Å². The SMILES string of the molecule is CC.CC.CC.Cc1cncc(C)c1C. The summed E-state index contributed by atoms with van der Waals surface area (Å²) in [4.78, 5) is 4.04. The molecule has 0 unspecified atom stereocenters. The van der Waals surface area contributed by atoms with Crippen LogP contribution in [0.1, 0.15) is 58.2 Å². The van der Waals surface area contributed by atoms with E-state index in [0.717, 1.165) is 0 Å². The van der Waals surface area contributed by atoms with Crippen molar-refractivity contribution in [2.24, 2.45) is 0 Å². The lowest BCUT2D eigenvalue weighted by Crippen LogP contribution is -1.86. The van der Waals surface area contributed by atoms with Crippen molar-refractivity contribution >= 4 is 0 Å². The second-order valence-corrected chi connectivity index (χ2v) is 2.40. The molecule has 1 heterocycles. The lowest BCUT2D eigenvalue weighted by Gasteiger charge is -1.99. The van der Waals surface area contributed by atoms with Crippen LogP contribution in [0.5, 0.6) is 0 Å². The van der Waals surface area contributed by atoms with Crippen molar-refractivity contribution in [1.29, 1.82) is 0 Å². The number of nitrogens with zero attached hydrogens (tertiary/aromatic N) is 1. The van der Waals surface area contributed by atoms with Crippen molar-refractivity contribution < 1.29 is 0 Å². The number of hydrogen-bond acceptors (Lipinski definition) is 1. The second-order valence-electron chi connectivity index (χ2n) is 2.40. The van der Waals surface area contributed by atoms with E-state index >= 15 is 0 Å². The largest absolute Gasteiger partial charge is 0.264 e. The molecular formula is C14H29N. The minimum Gasteiger partial charge on any atom is -0.264 e. The Morgan fingerprint density at radius 2 is 0.933 bits per heavy atom. The van der Waals surface area contributed by atoms with Crippen molar-refractivity contribution in [3.8, 4) is 0 Å². The van der Waals surface area contributed by atoms with Crippen LogP contribution < -0.4 is 0 Å². The molecule has 1 nitrogen and oxygen atoms in total. The summed E-state index contributed by atoms with van der Waals surface area (Å²) in [5.41, 5.74) is 3.90. The first kappa shape index (κ1) is 19.7. The summed E-state index contributed by atoms with van der Waals surface area (Å²) in [5, 5.41) is 0. The number of rotatable bonds is 0. The fourth-order valence-electron chi connectivity index (χ4n) is 0.766. The van der Waals surface area contributed by atoms with Crippen LogP contribution in [0.25, 0.3) is 0 Å². The van der Waals surface area contributed by atoms with Crippen molar-refractivity contribution in [2.75, 3.05) is 0 Å². The topological polar surface area (TPSA) is 12.9 Å². The fourth-order valence-corrected chi connectivity index (χ4v) is 0.766. The van der Waals surface area contributed by atoms with Gasteiger partial charge in [-0.25, -0.2) is 0 Å². The summed E-state index contributed by atoms with van der Waals surface area (Å²) < 4.78 is 0. The monoisotopic (exact) mass is 211 g/mol. The van der Waals surface area contributed by atoms with E-state index in [0.29, 0.717) is 0 Å². The summed E-state index contributed by atoms with van der Waals surface area (Å²) >= 11 is 0. The number of aromatic nitrogens is 1. The zero-order chi connectivity index (χ0) is 12.9. The molecule has 1 aromatic rings. The quantitative estimate of drug-likeness (QED) is 0.583. The first-order chi connectivity index (χ1) is 7.22. The second kappa shape index (κ2) is 15.6. The minimum atomic E-state index is 1.27. The third kappa shape index (κ3) is 9.45. The van der Waals surface area contributed by atoms with Gasteiger partial charge in [0.05, 0.1) is 0 Å². The Morgan fingerprint density at radius 3 is 1.13 bits per heavy atom. The fraction of sp³-hybridized carbons (Fsp3) is 0.643. The van der Waals surface area contributed by atoms with Crippen LogP contribution in [0.4, 0.5) is 0 Å². The Kier molecular flexibility index (Phi) is 20.5. The van der Waals surface area contributed by atoms with Crippen LogP contribution in [-0.2, 0) is 0 Å². The molecule has 0 amide bonds. The Hall–Kier alpha value is -0.850. The first-order valence-corrected chi connectivity index (χ1v) is 6.09. The average Bonchev–Trinajstić information content (AvgIpc) is 2.34. The molecule has 0 aliphatic heterocycles. The molecule has 0 saturated heterocycles. The van der Waals surface area contributed by atoms with Crippen molar-refractivity contribution in [3.63, 3.8) is 0 Å². The lowest BCUT2D eigenvalue weighted by atomic mass is 10.1. The highest BCUT2D eigenvalue weighted by Gasteiger charge is 1.93. The third-order valence-electron chi connectivity index (χ3n) is 1.72. The van der Waals surface area contributed by atoms with E-state index in [2.05, 4.69) is 25.8 Å². The van der Waals surface area contributed by atoms with Gasteiger partial charge >= 0.3 is 0 Å². The van der Waals surface area contributed by atoms with Crippen molar-refractivity contribution in [3.05, 3.63) is 29.1 Å². The van der Waals surface area contributed by atoms with E-state index in [4.69, 9.17) is 0 Å². The lowest BCUT2D eigenvalue weighted by molar-refractivity contribution is 1.16. The van der Waals surface area contributed by atoms with E-state index in [9.17, 15) is 0 Å². The van der Waals surface area contributed by atoms with Gasteiger partial charge in [0.2, 0.25) is 0 Å². The number of hydrogen-bond donors (Lipinski definition) is 0. The zero-order valence-electron chi connectivity index (χ0n) is 12.1. The summed E-state index contributed by atoms with van der Waals surface area (Å²) in [6, 6.07) is 0. The van der Waals surface area contributed by atoms with Gasteiger partial charge in [-0.05, 0) is 37.5 Å². The standard InChI is InChI=1S/C8H11N.3C2H6/c1-6-4-9-5-7(2)8(6)3;3*1-2/h4-5H,1-3H3;3*1-2H3. The molecule has 0 spiro atoms. The van der Waals surface area contributed by atoms with Gasteiger partial charge in [0.25, 0.3) is 0 Å². The number of pyridine rings is 1. The molecule has 1 aromatic heterocycles. The summed E-state index contributed by atoms with van der Waals surface area (Å²) in [5.74, 6) is 0. The van der Waals surface area contributed by atoms with Crippen LogP contribution in [-0.4, -0.2) is 4.98 Å². The molecule has 0 aromatic carbocycles. The van der Waals surface area contributed by atoms with Crippen LogP contribution in [0.2, 0.25) is 0 Å². The van der Waals surface area contributed by atoms with E-state index < -0.39 is 0 Å². The molecule has 0 radical (unpaired) electrons. The Bertz CT molecular complexity index is 196. The molecule has 0 saturated carbocycles. The molecule has 0 aliphatic carbocycles. The molecule has 0 aliphatic rings. The van der Waals surface area contributed by atoms with Crippen molar-refractivity contribution in [2.45, 2.75) is 62.3 Å². The maximum Gasteiger partial charge on any atom is 0.0299 e. The van der Waals surface area contributed by atoms with Crippen LogP contribution in [0.3, 0.4) is 0 Å². The van der Waals surface area contributed by atoms with E-state index in [1.165, 1.54) is 16.7 Å². The summed E-state index contributed by atoms with van der Waals surface area (Å²) in [7, 11) is 0. The van der Waals surface area contributed by atoms with E-state index in [-0.39, 0.29) is 0 Å². The van der Waals surface area contributed by atoms with Crippen LogP contribution in [0, 0.1) is 20.8 Å². The minimum absolute atomic E-state index is 1.27. The smallest absolute Gasteiger partial charge is 0.0299 e. The summed E-state index contributed by atoms with van der Waals surface area (Å²) in [6.45, 7) is 18.3. The molecule has 0 N–H and O–H groups in total. The van der Waals surface area contributed by atoms with E-state index in [1.807, 2.05) is 53.9 Å². The van der Waals surface area contributed by atoms with Gasteiger partial charge in [0, 0.05) is 12.4 Å². The van der Waals surface area contributed by atoms with Crippen LogP contribution in [0.15, 0.2) is 12.4 Å². The Labute approximate surface area is 97.0 Å². The van der Waals surface area contributed by atoms with Crippen molar-refractivity contribution in [1.82, 2.24) is 4.98 Å². The highest BCUT2D eigenvalue weighted by Crippen LogP contribution is 2.07. The predicted octanol–water partition coefficient (Wildman–Crippen LogP) is 5.09. The van der Waals surface area contributed by atoms with Gasteiger partial charge < -0.3 is 0 Å². The van der Waals surface area contributed by atoms with Gasteiger partial charge in [-0.1, -0.05) is 41.5 Å². The van der Waals surface area contributed by atoms with Crippen LogP contribution >= 0.6 is 0 Å². The zero-order valence-corrected chi connectivity index (χ0v) is 12.1. The normalized spacial score (nSPS) is 7.00. The number of aryl methyl sites for hydroxylation is 2. The maximum absolute atomic E-state index is 4.04. The molecule has 90 valence electrons. The average molecular weight is 211 g/mol. The predicted molar refractivity (Wildman–Crippen MR) is 72.5 cm³/mol. The molecular weight excluding hydrogens is 182 g/mol. The molecule has 0 bridgehead atoms. The highest BCUT2D eigenvalue weighted by atomic mass is 14.6. The third-order valence-corrected chi connectivity index (χ3v) is 1.72. The molecule has 15 heavy (non-hydrogen) atoms. The maximum atomic E-state index is 4.04. The molecule has 0 fully saturated rings. The van der Waals surface area contributed by atoms with Gasteiger partial charge in [-0.2, -0.15) is 0 Å².